The predicted molar refractivity (Wildman–Crippen MR) is 83.6 cm³/mol. The minimum absolute atomic E-state index is 0. The molecule has 1 N–H and O–H groups in total. The molecule has 7 heteroatoms. The van der Waals surface area contributed by atoms with Crippen molar-refractivity contribution in [1.82, 2.24) is 4.98 Å². The number of thiazole rings is 1. The van der Waals surface area contributed by atoms with Crippen LogP contribution in [0.1, 0.15) is 43.5 Å². The molecule has 0 aliphatic heterocycles. The van der Waals surface area contributed by atoms with Crippen molar-refractivity contribution in [2.24, 2.45) is 5.92 Å². The summed E-state index contributed by atoms with van der Waals surface area (Å²) in [5, 5.41) is 14.5. The molecule has 1 aromatic heterocycles. The maximum Gasteiger partial charge on any atom is 1.00 e. The number of amides is 1. The van der Waals surface area contributed by atoms with Crippen LogP contribution in [0, 0.1) is 5.92 Å². The van der Waals surface area contributed by atoms with E-state index in [4.69, 9.17) is 0 Å². The van der Waals surface area contributed by atoms with Gasteiger partial charge in [0.25, 0.3) is 0 Å². The van der Waals surface area contributed by atoms with Crippen LogP contribution < -0.4 is 40.0 Å². The van der Waals surface area contributed by atoms with Crippen molar-refractivity contribution in [2.75, 3.05) is 5.32 Å². The molecule has 1 fully saturated rings. The summed E-state index contributed by atoms with van der Waals surface area (Å²) in [7, 11) is 0. The van der Waals surface area contributed by atoms with Crippen molar-refractivity contribution in [3.8, 4) is 0 Å². The van der Waals surface area contributed by atoms with E-state index in [1.165, 1.54) is 17.8 Å². The number of hydrogen-bond acceptors (Lipinski definition) is 5. The first-order valence-electron chi connectivity index (χ1n) is 7.41. The van der Waals surface area contributed by atoms with Crippen LogP contribution in [0.25, 0.3) is 10.2 Å². The van der Waals surface area contributed by atoms with Gasteiger partial charge in [0.2, 0.25) is 5.91 Å². The molecule has 1 saturated carbocycles. The minimum Gasteiger partial charge on any atom is -0.550 e. The molecular weight excluding hydrogens is 323 g/mol. The first kappa shape index (κ1) is 18.4. The second kappa shape index (κ2) is 7.75. The van der Waals surface area contributed by atoms with Gasteiger partial charge in [-0.15, -0.1) is 11.3 Å². The van der Waals surface area contributed by atoms with Gasteiger partial charge >= 0.3 is 29.6 Å². The molecule has 0 spiro atoms. The summed E-state index contributed by atoms with van der Waals surface area (Å²) in [6.07, 6.45) is 2.51. The molecule has 1 aliphatic rings. The number of carbonyl (C=O) groups is 2. The number of carboxylic acid groups (broad SMARTS) is 1. The van der Waals surface area contributed by atoms with Gasteiger partial charge in [0.1, 0.15) is 0 Å². The van der Waals surface area contributed by atoms with Crippen molar-refractivity contribution in [3.05, 3.63) is 23.2 Å². The normalized spacial score (nSPS) is 15.0. The van der Waals surface area contributed by atoms with E-state index < -0.39 is 5.97 Å². The standard InChI is InChI=1S/C16H18N2O3S.Na/c1-9(7-15(20)21)6-14(19)17-11-4-5-12-13(8-11)22-16(18-12)10-2-3-10;/h4-5,8-10H,2-3,6-7H2,1H3,(H,17,19)(H,20,21);/q;+1/p-1. The van der Waals surface area contributed by atoms with Crippen molar-refractivity contribution >= 4 is 39.1 Å². The number of nitrogens with one attached hydrogen (secondary N) is 1. The maximum absolute atomic E-state index is 11.9. The molecule has 0 bridgehead atoms. The van der Waals surface area contributed by atoms with Crippen molar-refractivity contribution < 1.29 is 44.3 Å². The van der Waals surface area contributed by atoms with Crippen LogP contribution in [0.2, 0.25) is 0 Å². The van der Waals surface area contributed by atoms with Crippen LogP contribution in [-0.2, 0) is 9.59 Å². The van der Waals surface area contributed by atoms with E-state index in [1.54, 1.807) is 18.3 Å². The van der Waals surface area contributed by atoms with Crippen LogP contribution in [-0.4, -0.2) is 16.9 Å². The van der Waals surface area contributed by atoms with Gasteiger partial charge in [-0.3, -0.25) is 4.79 Å². The summed E-state index contributed by atoms with van der Waals surface area (Å²) in [6, 6.07) is 5.68. The smallest absolute Gasteiger partial charge is 0.550 e. The van der Waals surface area contributed by atoms with E-state index in [-0.39, 0.29) is 54.2 Å². The number of carboxylic acids is 1. The quantitative estimate of drug-likeness (QED) is 0.704. The molecule has 1 aromatic carbocycles. The van der Waals surface area contributed by atoms with Crippen LogP contribution in [0.3, 0.4) is 0 Å². The number of anilines is 1. The van der Waals surface area contributed by atoms with Crippen LogP contribution in [0.5, 0.6) is 0 Å². The SMILES string of the molecule is CC(CC(=O)[O-])CC(=O)Nc1ccc2nc(C3CC3)sc2c1.[Na+]. The van der Waals surface area contributed by atoms with Gasteiger partial charge in [-0.25, -0.2) is 4.98 Å². The summed E-state index contributed by atoms with van der Waals surface area (Å²) in [5.41, 5.74) is 1.69. The zero-order valence-electron chi connectivity index (χ0n) is 13.3. The number of benzene rings is 1. The van der Waals surface area contributed by atoms with Gasteiger partial charge < -0.3 is 15.2 Å². The number of aliphatic carboxylic acids is 1. The van der Waals surface area contributed by atoms with Crippen LogP contribution >= 0.6 is 11.3 Å². The Kier molecular flexibility index (Phi) is 6.19. The molecule has 2 aromatic rings. The Bertz CT molecular complexity index is 727. The third-order valence-corrected chi connectivity index (χ3v) is 4.84. The van der Waals surface area contributed by atoms with E-state index in [1.807, 2.05) is 18.2 Å². The second-order valence-corrected chi connectivity index (χ2v) is 7.00. The Morgan fingerprint density at radius 3 is 2.78 bits per heavy atom. The fourth-order valence-electron chi connectivity index (χ4n) is 2.41. The molecule has 0 saturated heterocycles. The summed E-state index contributed by atoms with van der Waals surface area (Å²) < 4.78 is 1.07. The Morgan fingerprint density at radius 2 is 2.13 bits per heavy atom. The monoisotopic (exact) mass is 340 g/mol. The van der Waals surface area contributed by atoms with Crippen LogP contribution in [0.15, 0.2) is 18.2 Å². The molecule has 23 heavy (non-hydrogen) atoms. The van der Waals surface area contributed by atoms with E-state index >= 15 is 0 Å². The van der Waals surface area contributed by atoms with Gasteiger partial charge in [-0.1, -0.05) is 6.92 Å². The molecule has 5 nitrogen and oxygen atoms in total. The van der Waals surface area contributed by atoms with Gasteiger partial charge in [0.05, 0.1) is 15.2 Å². The number of nitrogens with zero attached hydrogens (tertiary/aromatic N) is 1. The number of carbonyl (C=O) groups excluding carboxylic acids is 2. The predicted octanol–water partition coefficient (Wildman–Crippen LogP) is -0.718. The largest absolute Gasteiger partial charge is 1.00 e. The molecule has 1 heterocycles. The Balaban J connectivity index is 0.00000192. The minimum atomic E-state index is -1.13. The summed E-state index contributed by atoms with van der Waals surface area (Å²) >= 11 is 1.68. The Labute approximate surface area is 160 Å². The van der Waals surface area contributed by atoms with Crippen molar-refractivity contribution in [3.63, 3.8) is 0 Å². The number of hydrogen-bond donors (Lipinski definition) is 1. The zero-order valence-corrected chi connectivity index (χ0v) is 16.1. The number of fused-ring (bicyclic) bond motifs is 1. The molecular formula is C16H17N2NaO3S. The van der Waals surface area contributed by atoms with Crippen molar-refractivity contribution in [2.45, 2.75) is 38.5 Å². The topological polar surface area (TPSA) is 82.1 Å². The molecule has 3 rings (SSSR count). The van der Waals surface area contributed by atoms with E-state index in [0.717, 1.165) is 15.9 Å². The number of aromatic nitrogens is 1. The van der Waals surface area contributed by atoms with Gasteiger partial charge in [0.15, 0.2) is 0 Å². The fraction of sp³-hybridized carbons (Fsp3) is 0.438. The second-order valence-electron chi connectivity index (χ2n) is 5.94. The molecule has 1 aliphatic carbocycles. The van der Waals surface area contributed by atoms with E-state index in [9.17, 15) is 14.7 Å². The van der Waals surface area contributed by atoms with Gasteiger partial charge in [-0.05, 0) is 43.4 Å². The maximum atomic E-state index is 11.9. The molecule has 1 atom stereocenters. The number of rotatable bonds is 6. The van der Waals surface area contributed by atoms with Gasteiger partial charge in [-0.2, -0.15) is 0 Å². The zero-order chi connectivity index (χ0) is 15.7. The fourth-order valence-corrected chi connectivity index (χ4v) is 3.59. The van der Waals surface area contributed by atoms with Gasteiger partial charge in [0, 0.05) is 24.0 Å². The summed E-state index contributed by atoms with van der Waals surface area (Å²) in [6.45, 7) is 1.73. The average molecular weight is 340 g/mol. The first-order valence-corrected chi connectivity index (χ1v) is 8.23. The van der Waals surface area contributed by atoms with Crippen molar-refractivity contribution in [1.29, 1.82) is 0 Å². The van der Waals surface area contributed by atoms with Crippen LogP contribution in [0.4, 0.5) is 5.69 Å². The Hall–Kier alpha value is -0.950. The third kappa shape index (κ3) is 5.01. The molecule has 1 amide bonds. The summed E-state index contributed by atoms with van der Waals surface area (Å²) in [5.74, 6) is -0.918. The molecule has 0 radical (unpaired) electrons. The summed E-state index contributed by atoms with van der Waals surface area (Å²) in [4.78, 5) is 27.0. The Morgan fingerprint density at radius 1 is 1.39 bits per heavy atom. The molecule has 1 unspecified atom stereocenters. The average Bonchev–Trinajstić information content (AvgIpc) is 3.17. The molecule has 116 valence electrons. The van der Waals surface area contributed by atoms with E-state index in [0.29, 0.717) is 5.92 Å². The van der Waals surface area contributed by atoms with E-state index in [2.05, 4.69) is 10.3 Å². The third-order valence-electron chi connectivity index (χ3n) is 3.66. The first-order chi connectivity index (χ1) is 10.5.